The maximum Gasteiger partial charge on any atom is 0.165 e. The molecule has 1 aromatic carbocycles. The summed E-state index contributed by atoms with van der Waals surface area (Å²) in [7, 11) is 0. The minimum absolute atomic E-state index is 0.295. The van der Waals surface area contributed by atoms with Gasteiger partial charge in [0.25, 0.3) is 0 Å². The van der Waals surface area contributed by atoms with Crippen molar-refractivity contribution in [2.24, 2.45) is 5.92 Å². The van der Waals surface area contributed by atoms with Crippen molar-refractivity contribution >= 4 is 0 Å². The van der Waals surface area contributed by atoms with Crippen molar-refractivity contribution in [3.05, 3.63) is 42.2 Å². The molecule has 1 rings (SSSR count). The fourth-order valence-electron chi connectivity index (χ4n) is 1.36. The number of rotatable bonds is 6. The van der Waals surface area contributed by atoms with Crippen LogP contribution in [0, 0.1) is 11.7 Å². The maximum atomic E-state index is 13.4. The largest absolute Gasteiger partial charge is 0.490 e. The van der Waals surface area contributed by atoms with Gasteiger partial charge in [-0.3, -0.25) is 0 Å². The van der Waals surface area contributed by atoms with Crippen molar-refractivity contribution in [1.29, 1.82) is 0 Å². The van der Waals surface area contributed by atoms with E-state index in [4.69, 9.17) is 4.74 Å². The van der Waals surface area contributed by atoms with Gasteiger partial charge < -0.3 is 4.74 Å². The van der Waals surface area contributed by atoms with Crippen LogP contribution in [0.15, 0.2) is 30.9 Å². The van der Waals surface area contributed by atoms with E-state index in [1.165, 1.54) is 6.07 Å². The predicted octanol–water partition coefficient (Wildman–Crippen LogP) is 3.98. The fraction of sp³-hybridized carbons (Fsp3) is 0.429. The molecule has 1 nitrogen and oxygen atoms in total. The molecule has 0 aliphatic heterocycles. The zero-order chi connectivity index (χ0) is 12.0. The van der Waals surface area contributed by atoms with Crippen molar-refractivity contribution in [3.63, 3.8) is 0 Å². The van der Waals surface area contributed by atoms with Crippen molar-refractivity contribution in [2.45, 2.75) is 26.7 Å². The molecule has 0 unspecified atom stereocenters. The summed E-state index contributed by atoms with van der Waals surface area (Å²) in [5, 5.41) is 0. The lowest BCUT2D eigenvalue weighted by Gasteiger charge is -2.10. The summed E-state index contributed by atoms with van der Waals surface area (Å²) in [5.74, 6) is 0.621. The van der Waals surface area contributed by atoms with Gasteiger partial charge in [0.2, 0.25) is 0 Å². The zero-order valence-corrected chi connectivity index (χ0v) is 10.0. The molecule has 88 valence electrons. The van der Waals surface area contributed by atoms with Gasteiger partial charge in [-0.25, -0.2) is 4.39 Å². The first-order chi connectivity index (χ1) is 7.63. The van der Waals surface area contributed by atoms with Crippen LogP contribution in [0.4, 0.5) is 4.39 Å². The Morgan fingerprint density at radius 3 is 2.81 bits per heavy atom. The van der Waals surface area contributed by atoms with Crippen LogP contribution in [0.3, 0.4) is 0 Å². The molecule has 0 saturated carbocycles. The van der Waals surface area contributed by atoms with E-state index in [1.54, 1.807) is 18.2 Å². The number of ether oxygens (including phenoxy) is 1. The first-order valence-corrected chi connectivity index (χ1v) is 5.65. The van der Waals surface area contributed by atoms with Crippen LogP contribution in [-0.4, -0.2) is 6.61 Å². The summed E-state index contributed by atoms with van der Waals surface area (Å²) in [6.45, 7) is 8.46. The van der Waals surface area contributed by atoms with E-state index in [1.807, 2.05) is 0 Å². The summed E-state index contributed by atoms with van der Waals surface area (Å²) in [6, 6.07) is 4.95. The van der Waals surface area contributed by atoms with Crippen LogP contribution >= 0.6 is 0 Å². The molecule has 0 aliphatic carbocycles. The van der Waals surface area contributed by atoms with E-state index in [0.717, 1.165) is 18.4 Å². The monoisotopic (exact) mass is 222 g/mol. The Morgan fingerprint density at radius 2 is 2.19 bits per heavy atom. The van der Waals surface area contributed by atoms with E-state index in [-0.39, 0.29) is 5.82 Å². The third-order valence-corrected chi connectivity index (χ3v) is 2.33. The highest BCUT2D eigenvalue weighted by Crippen LogP contribution is 2.20. The normalized spacial score (nSPS) is 10.5. The highest BCUT2D eigenvalue weighted by molar-refractivity contribution is 5.31. The number of hydrogen-bond donors (Lipinski definition) is 0. The summed E-state index contributed by atoms with van der Waals surface area (Å²) < 4.78 is 18.8. The van der Waals surface area contributed by atoms with E-state index in [9.17, 15) is 4.39 Å². The van der Waals surface area contributed by atoms with Gasteiger partial charge in [-0.2, -0.15) is 0 Å². The Hall–Kier alpha value is -1.31. The minimum atomic E-state index is -0.295. The van der Waals surface area contributed by atoms with E-state index >= 15 is 0 Å². The standard InChI is InChI=1S/C14H19FO/c1-4-5-12-6-7-13(15)14(10-12)16-9-8-11(2)3/h4,6-7,10-11H,1,5,8-9H2,2-3H3. The molecule has 0 heterocycles. The molecule has 1 aromatic rings. The van der Waals surface area contributed by atoms with E-state index < -0.39 is 0 Å². The Balaban J connectivity index is 2.62. The minimum Gasteiger partial charge on any atom is -0.490 e. The summed E-state index contributed by atoms with van der Waals surface area (Å²) >= 11 is 0. The highest BCUT2D eigenvalue weighted by atomic mass is 19.1. The van der Waals surface area contributed by atoms with Crippen LogP contribution in [0.25, 0.3) is 0 Å². The average molecular weight is 222 g/mol. The lowest BCUT2D eigenvalue weighted by molar-refractivity contribution is 0.276. The molecule has 0 aromatic heterocycles. The third-order valence-electron chi connectivity index (χ3n) is 2.33. The molecular formula is C14H19FO. The molecule has 0 bridgehead atoms. The van der Waals surface area contributed by atoms with Gasteiger partial charge >= 0.3 is 0 Å². The second kappa shape index (κ2) is 6.31. The Kier molecular flexibility index (Phi) is 5.03. The van der Waals surface area contributed by atoms with Gasteiger partial charge in [0.05, 0.1) is 6.61 Å². The average Bonchev–Trinajstić information content (AvgIpc) is 2.22. The topological polar surface area (TPSA) is 9.23 Å². The molecule has 0 fully saturated rings. The lowest BCUT2D eigenvalue weighted by atomic mass is 10.1. The number of halogens is 1. The van der Waals surface area contributed by atoms with Crippen LogP contribution in [0.1, 0.15) is 25.8 Å². The van der Waals surface area contributed by atoms with Crippen LogP contribution in [-0.2, 0) is 6.42 Å². The Labute approximate surface area is 96.9 Å². The highest BCUT2D eigenvalue weighted by Gasteiger charge is 2.04. The Bertz CT molecular complexity index is 345. The molecule has 0 atom stereocenters. The van der Waals surface area contributed by atoms with Gasteiger partial charge in [0.15, 0.2) is 11.6 Å². The number of benzene rings is 1. The third kappa shape index (κ3) is 4.05. The molecule has 0 aliphatic rings. The Morgan fingerprint density at radius 1 is 1.44 bits per heavy atom. The molecule has 0 amide bonds. The quantitative estimate of drug-likeness (QED) is 0.661. The summed E-state index contributed by atoms with van der Waals surface area (Å²) in [4.78, 5) is 0. The van der Waals surface area contributed by atoms with Crippen molar-refractivity contribution < 1.29 is 9.13 Å². The SMILES string of the molecule is C=CCc1ccc(F)c(OCCC(C)C)c1. The van der Waals surface area contributed by atoms with Crippen LogP contribution in [0.5, 0.6) is 5.75 Å². The first kappa shape index (κ1) is 12.8. The van der Waals surface area contributed by atoms with Gasteiger partial charge in [0, 0.05) is 0 Å². The van der Waals surface area contributed by atoms with Gasteiger partial charge in [-0.15, -0.1) is 6.58 Å². The van der Waals surface area contributed by atoms with Crippen molar-refractivity contribution in [3.8, 4) is 5.75 Å². The lowest BCUT2D eigenvalue weighted by Crippen LogP contribution is -2.03. The van der Waals surface area contributed by atoms with Gasteiger partial charge in [-0.1, -0.05) is 26.0 Å². The molecule has 2 heteroatoms. The molecule has 0 N–H and O–H groups in total. The fourth-order valence-corrected chi connectivity index (χ4v) is 1.36. The zero-order valence-electron chi connectivity index (χ0n) is 10.0. The van der Waals surface area contributed by atoms with Crippen molar-refractivity contribution in [2.75, 3.05) is 6.61 Å². The van der Waals surface area contributed by atoms with Crippen LogP contribution in [0.2, 0.25) is 0 Å². The maximum absolute atomic E-state index is 13.4. The molecule has 0 saturated heterocycles. The molecule has 16 heavy (non-hydrogen) atoms. The predicted molar refractivity (Wildman–Crippen MR) is 65.3 cm³/mol. The number of hydrogen-bond acceptors (Lipinski definition) is 1. The molecule has 0 radical (unpaired) electrons. The first-order valence-electron chi connectivity index (χ1n) is 5.65. The summed E-state index contributed by atoms with van der Waals surface area (Å²) in [6.07, 6.45) is 3.47. The van der Waals surface area contributed by atoms with Gasteiger partial charge in [0.1, 0.15) is 0 Å². The molecule has 0 spiro atoms. The van der Waals surface area contributed by atoms with E-state index in [0.29, 0.717) is 18.3 Å². The van der Waals surface area contributed by atoms with Gasteiger partial charge in [-0.05, 0) is 36.5 Å². The molecular weight excluding hydrogens is 203 g/mol. The van der Waals surface area contributed by atoms with Crippen molar-refractivity contribution in [1.82, 2.24) is 0 Å². The second-order valence-electron chi connectivity index (χ2n) is 4.29. The summed E-state index contributed by atoms with van der Waals surface area (Å²) in [5.41, 5.74) is 1.02. The number of allylic oxidation sites excluding steroid dienone is 1. The smallest absolute Gasteiger partial charge is 0.165 e. The second-order valence-corrected chi connectivity index (χ2v) is 4.29. The van der Waals surface area contributed by atoms with E-state index in [2.05, 4.69) is 20.4 Å². The van der Waals surface area contributed by atoms with Crippen LogP contribution < -0.4 is 4.74 Å².